The number of nitrogens with zero attached hydrogens (tertiary/aromatic N) is 1. The van der Waals surface area contributed by atoms with E-state index < -0.39 is 11.2 Å². The minimum Gasteiger partial charge on any atom is -0.480 e. The Kier molecular flexibility index (Phi) is 4.48. The van der Waals surface area contributed by atoms with Crippen LogP contribution in [0.3, 0.4) is 0 Å². The van der Waals surface area contributed by atoms with Gasteiger partial charge in [-0.05, 0) is 6.92 Å². The molecule has 2 aromatic carbocycles. The number of carboxylic acids is 1. The second-order valence-corrected chi connectivity index (χ2v) is 6.28. The molecule has 23 heavy (non-hydrogen) atoms. The Bertz CT molecular complexity index is 743. The van der Waals surface area contributed by atoms with Crippen LogP contribution in [0.15, 0.2) is 70.3 Å². The fourth-order valence-corrected chi connectivity index (χ4v) is 2.81. The molecule has 0 amide bonds. The lowest BCUT2D eigenvalue weighted by molar-refractivity contribution is -0.136. The summed E-state index contributed by atoms with van der Waals surface area (Å²) < 4.78 is 5.86. The first-order valence-electron chi connectivity index (χ1n) is 7.16. The number of hydrogen-bond donors (Lipinski definition) is 1. The molecule has 3 rings (SSSR count). The van der Waals surface area contributed by atoms with Crippen molar-refractivity contribution >= 4 is 17.7 Å². The number of oxazole rings is 1. The molecule has 3 aromatic rings. The third-order valence-electron chi connectivity index (χ3n) is 3.32. The molecule has 5 heteroatoms. The van der Waals surface area contributed by atoms with Gasteiger partial charge in [-0.3, -0.25) is 4.79 Å². The van der Waals surface area contributed by atoms with Crippen molar-refractivity contribution in [3.05, 3.63) is 60.7 Å². The van der Waals surface area contributed by atoms with E-state index in [9.17, 15) is 4.79 Å². The number of aromatic nitrogens is 1. The SMILES string of the molecule is C[C@@H](Sc1nc(-c2ccccc2)c(-c2ccccc2)o1)C(=O)O. The third kappa shape index (κ3) is 3.46. The summed E-state index contributed by atoms with van der Waals surface area (Å²) in [5.74, 6) is -0.243. The zero-order chi connectivity index (χ0) is 16.2. The minimum absolute atomic E-state index is 0.359. The molecule has 0 bridgehead atoms. The molecule has 1 atom stereocenters. The number of carbonyl (C=O) groups is 1. The number of aliphatic carboxylic acids is 1. The van der Waals surface area contributed by atoms with Crippen LogP contribution in [0.2, 0.25) is 0 Å². The largest absolute Gasteiger partial charge is 0.480 e. The minimum atomic E-state index is -0.893. The van der Waals surface area contributed by atoms with E-state index in [1.165, 1.54) is 0 Å². The maximum atomic E-state index is 11.0. The van der Waals surface area contributed by atoms with Gasteiger partial charge >= 0.3 is 5.97 Å². The quantitative estimate of drug-likeness (QED) is 0.696. The van der Waals surface area contributed by atoms with E-state index in [1.54, 1.807) is 6.92 Å². The lowest BCUT2D eigenvalue weighted by atomic mass is 10.1. The Balaban J connectivity index is 2.06. The number of carboxylic acid groups (broad SMARTS) is 1. The Labute approximate surface area is 138 Å². The van der Waals surface area contributed by atoms with Crippen LogP contribution in [0, 0.1) is 0 Å². The van der Waals surface area contributed by atoms with Gasteiger partial charge in [-0.1, -0.05) is 72.4 Å². The van der Waals surface area contributed by atoms with E-state index in [0.29, 0.717) is 11.0 Å². The summed E-state index contributed by atoms with van der Waals surface area (Å²) in [7, 11) is 0. The van der Waals surface area contributed by atoms with Crippen molar-refractivity contribution in [3.63, 3.8) is 0 Å². The summed E-state index contributed by atoms with van der Waals surface area (Å²) >= 11 is 1.10. The fourth-order valence-electron chi connectivity index (χ4n) is 2.13. The molecule has 1 heterocycles. The average molecular weight is 325 g/mol. The van der Waals surface area contributed by atoms with Gasteiger partial charge in [-0.15, -0.1) is 0 Å². The van der Waals surface area contributed by atoms with Crippen molar-refractivity contribution in [2.75, 3.05) is 0 Å². The van der Waals surface area contributed by atoms with E-state index in [2.05, 4.69) is 4.98 Å². The van der Waals surface area contributed by atoms with Crippen molar-refractivity contribution < 1.29 is 14.3 Å². The summed E-state index contributed by atoms with van der Waals surface area (Å²) in [5.41, 5.74) is 2.57. The van der Waals surface area contributed by atoms with Gasteiger partial charge in [0.25, 0.3) is 5.22 Å². The highest BCUT2D eigenvalue weighted by Crippen LogP contribution is 2.36. The van der Waals surface area contributed by atoms with Crippen LogP contribution in [-0.2, 0) is 4.79 Å². The van der Waals surface area contributed by atoms with Gasteiger partial charge < -0.3 is 9.52 Å². The second-order valence-electron chi connectivity index (χ2n) is 4.99. The van der Waals surface area contributed by atoms with Gasteiger partial charge in [0.05, 0.1) is 0 Å². The Morgan fingerprint density at radius 1 is 1.04 bits per heavy atom. The first kappa shape index (κ1) is 15.4. The molecule has 0 radical (unpaired) electrons. The standard InChI is InChI=1S/C18H15NO3S/c1-12(17(20)21)23-18-19-15(13-8-4-2-5-9-13)16(22-18)14-10-6-3-7-11-14/h2-12H,1H3,(H,20,21)/t12-/m1/s1. The van der Waals surface area contributed by atoms with Gasteiger partial charge in [0.15, 0.2) is 5.76 Å². The van der Waals surface area contributed by atoms with Crippen molar-refractivity contribution in [3.8, 4) is 22.6 Å². The van der Waals surface area contributed by atoms with Crippen molar-refractivity contribution in [2.45, 2.75) is 17.4 Å². The molecule has 0 saturated carbocycles. The van der Waals surface area contributed by atoms with Gasteiger partial charge in [0.2, 0.25) is 0 Å². The lowest BCUT2D eigenvalue weighted by Crippen LogP contribution is -2.10. The van der Waals surface area contributed by atoms with Crippen molar-refractivity contribution in [1.82, 2.24) is 4.98 Å². The summed E-state index contributed by atoms with van der Waals surface area (Å²) in [6.45, 7) is 1.61. The molecule has 0 saturated heterocycles. The zero-order valence-electron chi connectivity index (χ0n) is 12.5. The van der Waals surface area contributed by atoms with E-state index in [-0.39, 0.29) is 0 Å². The van der Waals surface area contributed by atoms with Gasteiger partial charge in [-0.2, -0.15) is 0 Å². The highest BCUT2D eigenvalue weighted by Gasteiger charge is 2.21. The Hall–Kier alpha value is -2.53. The topological polar surface area (TPSA) is 63.3 Å². The lowest BCUT2D eigenvalue weighted by Gasteiger charge is -2.01. The monoisotopic (exact) mass is 325 g/mol. The highest BCUT2D eigenvalue weighted by atomic mass is 32.2. The normalized spacial score (nSPS) is 12.0. The second kappa shape index (κ2) is 6.71. The van der Waals surface area contributed by atoms with Crippen LogP contribution < -0.4 is 0 Å². The molecule has 0 unspecified atom stereocenters. The molecule has 0 aliphatic carbocycles. The van der Waals surface area contributed by atoms with Crippen LogP contribution in [0.1, 0.15) is 6.92 Å². The number of thioether (sulfide) groups is 1. The fraction of sp³-hybridized carbons (Fsp3) is 0.111. The average Bonchev–Trinajstić information content (AvgIpc) is 3.00. The first-order chi connectivity index (χ1) is 11.1. The van der Waals surface area contributed by atoms with Crippen LogP contribution in [0.25, 0.3) is 22.6 Å². The number of hydrogen-bond acceptors (Lipinski definition) is 4. The maximum Gasteiger partial charge on any atom is 0.316 e. The van der Waals surface area contributed by atoms with E-state index in [0.717, 1.165) is 28.6 Å². The molecular weight excluding hydrogens is 310 g/mol. The number of rotatable bonds is 5. The third-order valence-corrected chi connectivity index (χ3v) is 4.25. The summed E-state index contributed by atoms with van der Waals surface area (Å²) in [6, 6.07) is 19.4. The van der Waals surface area contributed by atoms with Gasteiger partial charge in [0.1, 0.15) is 10.9 Å². The van der Waals surface area contributed by atoms with Crippen LogP contribution in [-0.4, -0.2) is 21.3 Å². The van der Waals surface area contributed by atoms with Crippen molar-refractivity contribution in [1.29, 1.82) is 0 Å². The molecular formula is C18H15NO3S. The Morgan fingerprint density at radius 2 is 1.61 bits per heavy atom. The smallest absolute Gasteiger partial charge is 0.316 e. The molecule has 0 spiro atoms. The molecule has 4 nitrogen and oxygen atoms in total. The maximum absolute atomic E-state index is 11.0. The molecule has 1 aromatic heterocycles. The van der Waals surface area contributed by atoms with Crippen LogP contribution in [0.5, 0.6) is 0 Å². The predicted molar refractivity (Wildman–Crippen MR) is 90.3 cm³/mol. The predicted octanol–water partition coefficient (Wildman–Crippen LogP) is 4.57. The van der Waals surface area contributed by atoms with E-state index in [1.807, 2.05) is 60.7 Å². The summed E-state index contributed by atoms with van der Waals surface area (Å²) in [6.07, 6.45) is 0. The van der Waals surface area contributed by atoms with Gasteiger partial charge in [0, 0.05) is 11.1 Å². The molecule has 116 valence electrons. The zero-order valence-corrected chi connectivity index (χ0v) is 13.3. The first-order valence-corrected chi connectivity index (χ1v) is 8.04. The Morgan fingerprint density at radius 3 is 2.17 bits per heavy atom. The molecule has 1 N–H and O–H groups in total. The molecule has 0 fully saturated rings. The molecule has 0 aliphatic rings. The van der Waals surface area contributed by atoms with Crippen molar-refractivity contribution in [2.24, 2.45) is 0 Å². The van der Waals surface area contributed by atoms with E-state index in [4.69, 9.17) is 9.52 Å². The summed E-state index contributed by atoms with van der Waals surface area (Å²) in [4.78, 5) is 15.6. The number of benzene rings is 2. The summed E-state index contributed by atoms with van der Waals surface area (Å²) in [5, 5.41) is 8.80. The van der Waals surface area contributed by atoms with Crippen LogP contribution >= 0.6 is 11.8 Å². The van der Waals surface area contributed by atoms with Gasteiger partial charge in [-0.25, -0.2) is 4.98 Å². The van der Waals surface area contributed by atoms with E-state index >= 15 is 0 Å². The van der Waals surface area contributed by atoms with Crippen LogP contribution in [0.4, 0.5) is 0 Å². The molecule has 0 aliphatic heterocycles. The highest BCUT2D eigenvalue weighted by molar-refractivity contribution is 8.00.